The summed E-state index contributed by atoms with van der Waals surface area (Å²) in [6, 6.07) is 10.4. The van der Waals surface area contributed by atoms with Gasteiger partial charge in [-0.05, 0) is 24.3 Å². The van der Waals surface area contributed by atoms with Crippen molar-refractivity contribution in [1.82, 2.24) is 4.98 Å². The zero-order valence-corrected chi connectivity index (χ0v) is 16.2. The highest BCUT2D eigenvalue weighted by atomic mass is 35.5. The zero-order chi connectivity index (χ0) is 18.7. The maximum absolute atomic E-state index is 12.6. The van der Waals surface area contributed by atoms with Crippen LogP contribution in [0.15, 0.2) is 41.8 Å². The average Bonchev–Trinajstić information content (AvgIpc) is 3.11. The van der Waals surface area contributed by atoms with E-state index in [0.717, 1.165) is 5.56 Å². The third kappa shape index (κ3) is 3.77. The standard InChI is InChI=1S/C18H14Cl2N2O3S/c1-24-15-5-3-4-11(16(15)25-2)17(23)22-18-21-14(9-26-18)10-6-7-12(19)13(20)8-10/h3-9H,1-2H3,(H,21,22,23). The van der Waals surface area contributed by atoms with E-state index in [1.165, 1.54) is 25.6 Å². The zero-order valence-electron chi connectivity index (χ0n) is 13.9. The first-order chi connectivity index (χ1) is 12.5. The van der Waals surface area contributed by atoms with E-state index in [1.54, 1.807) is 30.3 Å². The van der Waals surface area contributed by atoms with Crippen LogP contribution < -0.4 is 14.8 Å². The molecule has 0 aliphatic carbocycles. The number of hydrogen-bond donors (Lipinski definition) is 1. The maximum Gasteiger partial charge on any atom is 0.261 e. The first kappa shape index (κ1) is 18.5. The van der Waals surface area contributed by atoms with Gasteiger partial charge in [-0.25, -0.2) is 4.98 Å². The maximum atomic E-state index is 12.6. The molecule has 0 aliphatic heterocycles. The summed E-state index contributed by atoms with van der Waals surface area (Å²) >= 11 is 13.3. The molecule has 0 spiro atoms. The number of nitrogens with one attached hydrogen (secondary N) is 1. The van der Waals surface area contributed by atoms with E-state index in [1.807, 2.05) is 11.4 Å². The van der Waals surface area contributed by atoms with Crippen molar-refractivity contribution in [3.8, 4) is 22.8 Å². The quantitative estimate of drug-likeness (QED) is 0.614. The molecule has 0 radical (unpaired) electrons. The van der Waals surface area contributed by atoms with Crippen molar-refractivity contribution in [2.45, 2.75) is 0 Å². The molecular weight excluding hydrogens is 395 g/mol. The minimum Gasteiger partial charge on any atom is -0.493 e. The molecule has 0 aliphatic rings. The fourth-order valence-corrected chi connectivity index (χ4v) is 3.36. The van der Waals surface area contributed by atoms with Gasteiger partial charge in [-0.15, -0.1) is 11.3 Å². The van der Waals surface area contributed by atoms with Gasteiger partial charge in [0.1, 0.15) is 0 Å². The fraction of sp³-hybridized carbons (Fsp3) is 0.111. The molecule has 3 rings (SSSR count). The molecule has 1 N–H and O–H groups in total. The second-order valence-electron chi connectivity index (χ2n) is 5.16. The van der Waals surface area contributed by atoms with Crippen LogP contribution in [-0.2, 0) is 0 Å². The molecule has 0 unspecified atom stereocenters. The van der Waals surface area contributed by atoms with Gasteiger partial charge in [-0.3, -0.25) is 10.1 Å². The molecule has 0 bridgehead atoms. The summed E-state index contributed by atoms with van der Waals surface area (Å²) in [6.45, 7) is 0. The Morgan fingerprint density at radius 2 is 1.92 bits per heavy atom. The van der Waals surface area contributed by atoms with Crippen LogP contribution in [0.2, 0.25) is 10.0 Å². The minimum absolute atomic E-state index is 0.337. The number of nitrogens with zero attached hydrogens (tertiary/aromatic N) is 1. The summed E-state index contributed by atoms with van der Waals surface area (Å²) in [6.07, 6.45) is 0. The van der Waals surface area contributed by atoms with Crippen molar-refractivity contribution >= 4 is 45.6 Å². The molecule has 26 heavy (non-hydrogen) atoms. The van der Waals surface area contributed by atoms with Crippen LogP contribution in [0.1, 0.15) is 10.4 Å². The van der Waals surface area contributed by atoms with Crippen LogP contribution in [-0.4, -0.2) is 25.1 Å². The Morgan fingerprint density at radius 3 is 2.62 bits per heavy atom. The number of halogens is 2. The number of amides is 1. The van der Waals surface area contributed by atoms with Crippen molar-refractivity contribution in [1.29, 1.82) is 0 Å². The molecule has 2 aromatic carbocycles. The molecule has 134 valence electrons. The lowest BCUT2D eigenvalue weighted by atomic mass is 10.1. The molecule has 1 heterocycles. The van der Waals surface area contributed by atoms with Crippen molar-refractivity contribution < 1.29 is 14.3 Å². The first-order valence-corrected chi connectivity index (χ1v) is 9.10. The molecule has 1 aromatic heterocycles. The van der Waals surface area contributed by atoms with E-state index in [9.17, 15) is 4.79 Å². The number of methoxy groups -OCH3 is 2. The van der Waals surface area contributed by atoms with Gasteiger partial charge < -0.3 is 9.47 Å². The third-order valence-corrected chi connectivity index (χ3v) is 5.08. The van der Waals surface area contributed by atoms with Gasteiger partial charge in [0.15, 0.2) is 16.6 Å². The van der Waals surface area contributed by atoms with Gasteiger partial charge in [0, 0.05) is 10.9 Å². The van der Waals surface area contributed by atoms with E-state index in [4.69, 9.17) is 32.7 Å². The molecule has 1 amide bonds. The SMILES string of the molecule is COc1cccc(C(=O)Nc2nc(-c3ccc(Cl)c(Cl)c3)cs2)c1OC. The second-order valence-corrected chi connectivity index (χ2v) is 6.83. The van der Waals surface area contributed by atoms with E-state index in [2.05, 4.69) is 10.3 Å². The molecule has 5 nitrogen and oxygen atoms in total. The van der Waals surface area contributed by atoms with Crippen LogP contribution >= 0.6 is 34.5 Å². The predicted molar refractivity (Wildman–Crippen MR) is 105 cm³/mol. The number of hydrogen-bond acceptors (Lipinski definition) is 5. The Morgan fingerprint density at radius 1 is 1.12 bits per heavy atom. The summed E-state index contributed by atoms with van der Waals surface area (Å²) in [4.78, 5) is 17.0. The minimum atomic E-state index is -0.337. The number of rotatable bonds is 5. The number of carbonyl (C=O) groups excluding carboxylic acids is 1. The largest absolute Gasteiger partial charge is 0.493 e. The Kier molecular flexibility index (Phi) is 5.66. The topological polar surface area (TPSA) is 60.5 Å². The Labute approximate surface area is 164 Å². The molecule has 3 aromatic rings. The highest BCUT2D eigenvalue weighted by Gasteiger charge is 2.18. The van der Waals surface area contributed by atoms with Gasteiger partial charge in [-0.2, -0.15) is 0 Å². The molecule has 8 heteroatoms. The lowest BCUT2D eigenvalue weighted by Gasteiger charge is -2.11. The van der Waals surface area contributed by atoms with E-state index in [-0.39, 0.29) is 5.91 Å². The number of benzene rings is 2. The van der Waals surface area contributed by atoms with Crippen molar-refractivity contribution in [2.75, 3.05) is 19.5 Å². The number of carbonyl (C=O) groups is 1. The average molecular weight is 409 g/mol. The van der Waals surface area contributed by atoms with Crippen LogP contribution in [0.4, 0.5) is 5.13 Å². The van der Waals surface area contributed by atoms with Crippen molar-refractivity contribution in [3.63, 3.8) is 0 Å². The molecular formula is C18H14Cl2N2O3S. The Bertz CT molecular complexity index is 959. The highest BCUT2D eigenvalue weighted by molar-refractivity contribution is 7.14. The molecule has 0 saturated carbocycles. The number of anilines is 1. The lowest BCUT2D eigenvalue weighted by molar-refractivity contribution is 0.102. The molecule has 0 saturated heterocycles. The third-order valence-electron chi connectivity index (χ3n) is 3.59. The van der Waals surface area contributed by atoms with E-state index in [0.29, 0.717) is 37.9 Å². The molecule has 0 atom stereocenters. The van der Waals surface area contributed by atoms with Crippen molar-refractivity contribution in [2.24, 2.45) is 0 Å². The first-order valence-electron chi connectivity index (χ1n) is 7.46. The predicted octanol–water partition coefficient (Wildman–Crippen LogP) is 5.39. The lowest BCUT2D eigenvalue weighted by Crippen LogP contribution is -2.13. The number of aromatic nitrogens is 1. The summed E-state index contributed by atoms with van der Waals surface area (Å²) in [5.41, 5.74) is 1.87. The monoisotopic (exact) mass is 408 g/mol. The number of para-hydroxylation sites is 1. The second kappa shape index (κ2) is 7.95. The fourth-order valence-electron chi connectivity index (χ4n) is 2.35. The van der Waals surface area contributed by atoms with Gasteiger partial charge in [-0.1, -0.05) is 35.3 Å². The van der Waals surface area contributed by atoms with Gasteiger partial charge in [0.05, 0.1) is 35.5 Å². The Balaban J connectivity index is 1.83. The van der Waals surface area contributed by atoms with Gasteiger partial charge in [0.2, 0.25) is 0 Å². The van der Waals surface area contributed by atoms with E-state index >= 15 is 0 Å². The summed E-state index contributed by atoms with van der Waals surface area (Å²) in [5.74, 6) is 0.514. The van der Waals surface area contributed by atoms with Crippen LogP contribution in [0.25, 0.3) is 11.3 Å². The van der Waals surface area contributed by atoms with Gasteiger partial charge >= 0.3 is 0 Å². The van der Waals surface area contributed by atoms with Gasteiger partial charge in [0.25, 0.3) is 5.91 Å². The van der Waals surface area contributed by atoms with Crippen molar-refractivity contribution in [3.05, 3.63) is 57.4 Å². The van der Waals surface area contributed by atoms with Crippen LogP contribution in [0.5, 0.6) is 11.5 Å². The van der Waals surface area contributed by atoms with E-state index < -0.39 is 0 Å². The molecule has 0 fully saturated rings. The van der Waals surface area contributed by atoms with Crippen LogP contribution in [0.3, 0.4) is 0 Å². The highest BCUT2D eigenvalue weighted by Crippen LogP contribution is 2.33. The number of ether oxygens (including phenoxy) is 2. The summed E-state index contributed by atoms with van der Waals surface area (Å²) in [7, 11) is 3.00. The smallest absolute Gasteiger partial charge is 0.261 e. The normalized spacial score (nSPS) is 10.5. The Hall–Kier alpha value is -2.28. The summed E-state index contributed by atoms with van der Waals surface area (Å²) in [5, 5.41) is 5.99. The summed E-state index contributed by atoms with van der Waals surface area (Å²) < 4.78 is 10.5. The van der Waals surface area contributed by atoms with Crippen LogP contribution in [0, 0.1) is 0 Å². The number of thiazole rings is 1.